The molecule has 1 unspecified atom stereocenters. The van der Waals surface area contributed by atoms with Gasteiger partial charge in [-0.25, -0.2) is 0 Å². The summed E-state index contributed by atoms with van der Waals surface area (Å²) in [4.78, 5) is 13.2. The number of hydrogen-bond donors (Lipinski definition) is 0. The number of carbonyl (C=O) groups is 1. The largest absolute Gasteiger partial charge is 0.490 e. The fraction of sp³-hybridized carbons (Fsp3) is 0.233. The number of fused-ring (bicyclic) bond motifs is 1. The molecule has 0 bridgehead atoms. The molecule has 6 heteroatoms. The van der Waals surface area contributed by atoms with Crippen LogP contribution in [0.5, 0.6) is 23.0 Å². The Bertz CT molecular complexity index is 1350. The second-order valence-corrected chi connectivity index (χ2v) is 8.99. The molecule has 0 saturated heterocycles. The Balaban J connectivity index is 1.72. The zero-order chi connectivity index (χ0) is 25.7. The number of benzene rings is 4. The number of rotatable bonds is 9. The highest BCUT2D eigenvalue weighted by atomic mass is 35.5. The average molecular weight is 505 g/mol. The van der Waals surface area contributed by atoms with Crippen molar-refractivity contribution in [2.45, 2.75) is 26.2 Å². The summed E-state index contributed by atoms with van der Waals surface area (Å²) in [5.41, 5.74) is 3.23. The Kier molecular flexibility index (Phi) is 8.01. The topological polar surface area (TPSA) is 54.0 Å². The van der Waals surface area contributed by atoms with E-state index in [2.05, 4.69) is 31.2 Å². The second kappa shape index (κ2) is 11.4. The molecular formula is C30H29ClO5. The molecule has 0 heterocycles. The number of hydrogen-bond acceptors (Lipinski definition) is 5. The Morgan fingerprint density at radius 2 is 1.50 bits per heavy atom. The van der Waals surface area contributed by atoms with Gasteiger partial charge < -0.3 is 18.9 Å². The normalized spacial score (nSPS) is 11.7. The average Bonchev–Trinajstić information content (AvgIpc) is 2.90. The van der Waals surface area contributed by atoms with E-state index in [-0.39, 0.29) is 11.5 Å². The molecule has 0 aliphatic rings. The molecule has 186 valence electrons. The lowest BCUT2D eigenvalue weighted by molar-refractivity contribution is -0.135. The zero-order valence-corrected chi connectivity index (χ0v) is 21.6. The molecule has 4 aromatic rings. The first kappa shape index (κ1) is 25.4. The molecule has 0 aliphatic carbocycles. The van der Waals surface area contributed by atoms with Gasteiger partial charge in [-0.15, -0.1) is 0 Å². The van der Waals surface area contributed by atoms with Crippen LogP contribution in [0.4, 0.5) is 0 Å². The van der Waals surface area contributed by atoms with Gasteiger partial charge in [-0.05, 0) is 43.2 Å². The molecule has 36 heavy (non-hydrogen) atoms. The van der Waals surface area contributed by atoms with Gasteiger partial charge in [0, 0.05) is 22.2 Å². The van der Waals surface area contributed by atoms with Crippen molar-refractivity contribution in [3.05, 3.63) is 94.5 Å². The molecule has 0 aromatic heterocycles. The number of halogens is 1. The number of methoxy groups -OCH3 is 2. The van der Waals surface area contributed by atoms with E-state index >= 15 is 0 Å². The molecule has 0 fully saturated rings. The predicted molar refractivity (Wildman–Crippen MR) is 143 cm³/mol. The summed E-state index contributed by atoms with van der Waals surface area (Å²) in [6, 6.07) is 23.1. The van der Waals surface area contributed by atoms with Crippen molar-refractivity contribution >= 4 is 28.3 Å². The van der Waals surface area contributed by atoms with Gasteiger partial charge >= 0.3 is 5.97 Å². The number of ether oxygens (including phenoxy) is 4. The van der Waals surface area contributed by atoms with Crippen LogP contribution in [0, 0.1) is 6.92 Å². The van der Waals surface area contributed by atoms with Crippen molar-refractivity contribution in [2.75, 3.05) is 20.8 Å². The van der Waals surface area contributed by atoms with Crippen molar-refractivity contribution < 1.29 is 23.7 Å². The molecule has 5 nitrogen and oxygen atoms in total. The molecule has 4 rings (SSSR count). The molecule has 0 spiro atoms. The van der Waals surface area contributed by atoms with E-state index in [9.17, 15) is 4.79 Å². The third-order valence-electron chi connectivity index (χ3n) is 6.11. The summed E-state index contributed by atoms with van der Waals surface area (Å²) < 4.78 is 23.6. The van der Waals surface area contributed by atoms with Gasteiger partial charge in [0.2, 0.25) is 11.5 Å². The molecule has 0 N–H and O–H groups in total. The van der Waals surface area contributed by atoms with Crippen molar-refractivity contribution in [3.63, 3.8) is 0 Å². The van der Waals surface area contributed by atoms with E-state index in [1.54, 1.807) is 19.1 Å². The Labute approximate surface area is 216 Å². The van der Waals surface area contributed by atoms with Crippen LogP contribution in [0.3, 0.4) is 0 Å². The van der Waals surface area contributed by atoms with Crippen LogP contribution in [-0.2, 0) is 11.2 Å². The molecule has 1 atom stereocenters. The minimum Gasteiger partial charge on any atom is -0.490 e. The SMILES string of the molecule is COc1c(OC)c(OC(=O)C(C)c2ccccc2)c2cc(Cl)ccc2c1OCCc1ccc(C)cc1. The molecule has 0 radical (unpaired) electrons. The number of carbonyl (C=O) groups excluding carboxylic acids is 1. The van der Waals surface area contributed by atoms with Crippen LogP contribution >= 0.6 is 11.6 Å². The molecule has 4 aromatic carbocycles. The van der Waals surface area contributed by atoms with Gasteiger partial charge in [-0.2, -0.15) is 0 Å². The molecular weight excluding hydrogens is 476 g/mol. The van der Waals surface area contributed by atoms with Crippen molar-refractivity contribution in [2.24, 2.45) is 0 Å². The summed E-state index contributed by atoms with van der Waals surface area (Å²) in [5.74, 6) is 0.463. The fourth-order valence-corrected chi connectivity index (χ4v) is 4.23. The highest BCUT2D eigenvalue weighted by Gasteiger charge is 2.27. The molecule has 0 amide bonds. The second-order valence-electron chi connectivity index (χ2n) is 8.55. The lowest BCUT2D eigenvalue weighted by atomic mass is 10.0. The summed E-state index contributed by atoms with van der Waals surface area (Å²) in [6.07, 6.45) is 0.714. The van der Waals surface area contributed by atoms with E-state index in [1.165, 1.54) is 25.3 Å². The lowest BCUT2D eigenvalue weighted by Crippen LogP contribution is -2.17. The van der Waals surface area contributed by atoms with Gasteiger partial charge in [0.15, 0.2) is 11.5 Å². The van der Waals surface area contributed by atoms with Gasteiger partial charge in [-0.1, -0.05) is 71.8 Å². The first-order valence-electron chi connectivity index (χ1n) is 11.7. The van der Waals surface area contributed by atoms with Crippen molar-refractivity contribution in [1.82, 2.24) is 0 Å². The fourth-order valence-electron chi connectivity index (χ4n) is 4.06. The minimum atomic E-state index is -0.485. The summed E-state index contributed by atoms with van der Waals surface area (Å²) in [6.45, 7) is 4.28. The standard InChI is InChI=1S/C30H29ClO5/c1-19-10-12-21(13-11-19)16-17-35-26-24-15-14-23(31)18-25(24)27(29(34-4)28(26)33-3)36-30(32)20(2)22-8-6-5-7-9-22/h5-15,18,20H,16-17H2,1-4H3. The van der Waals surface area contributed by atoms with Crippen molar-refractivity contribution in [3.8, 4) is 23.0 Å². The summed E-state index contributed by atoms with van der Waals surface area (Å²) in [5, 5.41) is 1.80. The Morgan fingerprint density at radius 3 is 2.17 bits per heavy atom. The monoisotopic (exact) mass is 504 g/mol. The molecule has 0 aliphatic heterocycles. The number of esters is 1. The van der Waals surface area contributed by atoms with Crippen LogP contribution in [0.1, 0.15) is 29.5 Å². The summed E-state index contributed by atoms with van der Waals surface area (Å²) in [7, 11) is 3.03. The predicted octanol–water partition coefficient (Wildman–Crippen LogP) is 7.15. The molecule has 0 saturated carbocycles. The third kappa shape index (κ3) is 5.42. The summed E-state index contributed by atoms with van der Waals surface area (Å²) >= 11 is 6.35. The Morgan fingerprint density at radius 1 is 0.833 bits per heavy atom. The first-order chi connectivity index (χ1) is 17.4. The van der Waals surface area contributed by atoms with E-state index in [1.807, 2.05) is 36.4 Å². The van der Waals surface area contributed by atoms with Gasteiger partial charge in [0.1, 0.15) is 0 Å². The van der Waals surface area contributed by atoms with E-state index in [0.29, 0.717) is 40.3 Å². The highest BCUT2D eigenvalue weighted by molar-refractivity contribution is 6.31. The van der Waals surface area contributed by atoms with Gasteiger partial charge in [0.05, 0.1) is 26.7 Å². The van der Waals surface area contributed by atoms with Gasteiger partial charge in [0.25, 0.3) is 0 Å². The smallest absolute Gasteiger partial charge is 0.318 e. The lowest BCUT2D eigenvalue weighted by Gasteiger charge is -2.21. The maximum atomic E-state index is 13.2. The quantitative estimate of drug-likeness (QED) is 0.179. The van der Waals surface area contributed by atoms with Gasteiger partial charge in [-0.3, -0.25) is 4.79 Å². The minimum absolute atomic E-state index is 0.241. The van der Waals surface area contributed by atoms with Crippen LogP contribution < -0.4 is 18.9 Å². The van der Waals surface area contributed by atoms with Crippen LogP contribution in [-0.4, -0.2) is 26.8 Å². The third-order valence-corrected chi connectivity index (χ3v) is 6.35. The highest BCUT2D eigenvalue weighted by Crippen LogP contribution is 2.51. The van der Waals surface area contributed by atoms with Crippen LogP contribution in [0.2, 0.25) is 5.02 Å². The maximum absolute atomic E-state index is 13.2. The first-order valence-corrected chi connectivity index (χ1v) is 12.1. The van der Waals surface area contributed by atoms with Crippen molar-refractivity contribution in [1.29, 1.82) is 0 Å². The maximum Gasteiger partial charge on any atom is 0.318 e. The van der Waals surface area contributed by atoms with E-state index < -0.39 is 11.9 Å². The number of aryl methyl sites for hydroxylation is 1. The van der Waals surface area contributed by atoms with E-state index in [0.717, 1.165) is 5.56 Å². The Hall–Kier alpha value is -3.70. The van der Waals surface area contributed by atoms with E-state index in [4.69, 9.17) is 30.5 Å². The zero-order valence-electron chi connectivity index (χ0n) is 20.8. The van der Waals surface area contributed by atoms with Crippen LogP contribution in [0.25, 0.3) is 10.8 Å². The van der Waals surface area contributed by atoms with Crippen LogP contribution in [0.15, 0.2) is 72.8 Å².